The molecule has 1 saturated heterocycles. The van der Waals surface area contributed by atoms with E-state index in [4.69, 9.17) is 19.3 Å². The number of nitrogens with one attached hydrogen (secondary N) is 1. The molecular formula is C31H36N4O6. The van der Waals surface area contributed by atoms with Crippen LogP contribution in [-0.4, -0.2) is 80.4 Å². The van der Waals surface area contributed by atoms with Gasteiger partial charge in [0, 0.05) is 30.3 Å². The molecule has 0 saturated carbocycles. The third-order valence-electron chi connectivity index (χ3n) is 8.08. The van der Waals surface area contributed by atoms with E-state index >= 15 is 0 Å². The van der Waals surface area contributed by atoms with Crippen LogP contribution in [0, 0.1) is 11.8 Å². The van der Waals surface area contributed by atoms with E-state index < -0.39 is 5.97 Å². The second-order valence-corrected chi connectivity index (χ2v) is 10.5. The summed E-state index contributed by atoms with van der Waals surface area (Å²) in [4.78, 5) is 40.0. The lowest BCUT2D eigenvalue weighted by atomic mass is 9.76. The van der Waals surface area contributed by atoms with Crippen LogP contribution in [0.1, 0.15) is 41.6 Å². The molecule has 216 valence electrons. The van der Waals surface area contributed by atoms with Crippen LogP contribution in [0.25, 0.3) is 0 Å². The van der Waals surface area contributed by atoms with E-state index in [2.05, 4.69) is 22.4 Å². The van der Waals surface area contributed by atoms with E-state index in [0.717, 1.165) is 30.5 Å². The van der Waals surface area contributed by atoms with Crippen molar-refractivity contribution in [2.75, 3.05) is 46.3 Å². The van der Waals surface area contributed by atoms with Crippen LogP contribution < -0.4 is 14.8 Å². The highest BCUT2D eigenvalue weighted by Gasteiger charge is 2.43. The third kappa shape index (κ3) is 6.12. The summed E-state index contributed by atoms with van der Waals surface area (Å²) in [5, 5.41) is 9.58. The minimum Gasteiger partial charge on any atom is -0.493 e. The number of methoxy groups -OCH3 is 3. The highest BCUT2D eigenvalue weighted by molar-refractivity contribution is 6.07. The van der Waals surface area contributed by atoms with Crippen LogP contribution in [0.2, 0.25) is 0 Å². The van der Waals surface area contributed by atoms with Gasteiger partial charge in [-0.2, -0.15) is 5.10 Å². The van der Waals surface area contributed by atoms with Gasteiger partial charge in [0.15, 0.2) is 11.5 Å². The molecule has 0 radical (unpaired) electrons. The molecule has 2 aromatic rings. The smallest absolute Gasteiger partial charge is 0.337 e. The van der Waals surface area contributed by atoms with E-state index in [1.807, 2.05) is 18.2 Å². The summed E-state index contributed by atoms with van der Waals surface area (Å²) in [5.74, 6) is 0.681. The second-order valence-electron chi connectivity index (χ2n) is 10.5. The van der Waals surface area contributed by atoms with Crippen molar-refractivity contribution in [1.82, 2.24) is 9.91 Å². The summed E-state index contributed by atoms with van der Waals surface area (Å²) in [6.45, 7) is 1.60. The van der Waals surface area contributed by atoms with Gasteiger partial charge in [-0.25, -0.2) is 9.80 Å². The van der Waals surface area contributed by atoms with Crippen molar-refractivity contribution < 1.29 is 28.6 Å². The molecule has 3 aliphatic rings. The van der Waals surface area contributed by atoms with Gasteiger partial charge in [-0.15, -0.1) is 0 Å². The lowest BCUT2D eigenvalue weighted by Gasteiger charge is -2.42. The predicted molar refractivity (Wildman–Crippen MR) is 154 cm³/mol. The molecule has 0 spiro atoms. The number of hydrogen-bond donors (Lipinski definition) is 1. The summed E-state index contributed by atoms with van der Waals surface area (Å²) >= 11 is 0. The molecule has 1 fully saturated rings. The van der Waals surface area contributed by atoms with Crippen LogP contribution in [0.5, 0.6) is 11.5 Å². The lowest BCUT2D eigenvalue weighted by molar-refractivity contribution is -0.141. The minimum absolute atomic E-state index is 0.0207. The highest BCUT2D eigenvalue weighted by atomic mass is 16.5. The Morgan fingerprint density at radius 1 is 0.927 bits per heavy atom. The molecule has 0 aromatic heterocycles. The predicted octanol–water partition coefficient (Wildman–Crippen LogP) is 3.72. The van der Waals surface area contributed by atoms with Crippen LogP contribution in [-0.2, 0) is 14.3 Å². The van der Waals surface area contributed by atoms with Crippen LogP contribution >= 0.6 is 0 Å². The Morgan fingerprint density at radius 2 is 1.61 bits per heavy atom. The zero-order chi connectivity index (χ0) is 28.9. The Bertz CT molecular complexity index is 1350. The third-order valence-corrected chi connectivity index (χ3v) is 8.08. The van der Waals surface area contributed by atoms with Crippen molar-refractivity contribution in [2.45, 2.75) is 31.7 Å². The fourth-order valence-corrected chi connectivity index (χ4v) is 5.86. The fraction of sp³-hybridized carbons (Fsp3) is 0.419. The largest absolute Gasteiger partial charge is 0.493 e. The average Bonchev–Trinajstić information content (AvgIpc) is 3.01. The molecule has 0 bridgehead atoms. The van der Waals surface area contributed by atoms with E-state index in [-0.39, 0.29) is 36.2 Å². The second kappa shape index (κ2) is 12.6. The van der Waals surface area contributed by atoms with Crippen molar-refractivity contribution in [3.05, 3.63) is 65.7 Å². The average molecular weight is 561 g/mol. The Balaban J connectivity index is 1.25. The molecule has 2 heterocycles. The Hall–Kier alpha value is -4.18. The van der Waals surface area contributed by atoms with Gasteiger partial charge in [0.2, 0.25) is 11.8 Å². The Kier molecular flexibility index (Phi) is 8.68. The van der Waals surface area contributed by atoms with Crippen molar-refractivity contribution in [3.63, 3.8) is 0 Å². The van der Waals surface area contributed by atoms with E-state index in [1.54, 1.807) is 43.5 Å². The van der Waals surface area contributed by atoms with Gasteiger partial charge in [-0.1, -0.05) is 12.2 Å². The number of nitrogens with zero attached hydrogens (tertiary/aromatic N) is 3. The number of hydrazone groups is 1. The molecule has 10 nitrogen and oxygen atoms in total. The highest BCUT2D eigenvalue weighted by Crippen LogP contribution is 2.38. The van der Waals surface area contributed by atoms with Gasteiger partial charge in [-0.3, -0.25) is 14.5 Å². The van der Waals surface area contributed by atoms with E-state index in [9.17, 15) is 14.4 Å². The van der Waals surface area contributed by atoms with Crippen LogP contribution in [0.3, 0.4) is 0 Å². The fourth-order valence-electron chi connectivity index (χ4n) is 5.86. The van der Waals surface area contributed by atoms with E-state index in [0.29, 0.717) is 42.3 Å². The standard InChI is InChI=1S/C31H36N4O6/c1-39-26-13-10-21(18-27(26)40-2)29-24-6-4-5-7-25(24)30(37)35(33-29)23-14-16-34(17-15-23)19-28(36)32-22-11-8-20(9-12-22)31(38)41-3/h4-5,8-13,18,23-25H,6-7,14-17,19H2,1-3H3,(H,32,36)/t24-,25+/m0/s1. The Labute approximate surface area is 239 Å². The van der Waals surface area contributed by atoms with Gasteiger partial charge in [0.1, 0.15) is 0 Å². The molecule has 1 aliphatic carbocycles. The van der Waals surface area contributed by atoms with Gasteiger partial charge in [-0.05, 0) is 68.1 Å². The van der Waals surface area contributed by atoms with Crippen molar-refractivity contribution in [2.24, 2.45) is 16.9 Å². The van der Waals surface area contributed by atoms with Gasteiger partial charge in [0.05, 0.1) is 51.1 Å². The molecule has 2 amide bonds. The zero-order valence-electron chi connectivity index (χ0n) is 23.7. The topological polar surface area (TPSA) is 110 Å². The number of rotatable bonds is 8. The summed E-state index contributed by atoms with van der Waals surface area (Å²) < 4.78 is 15.7. The molecule has 0 unspecified atom stereocenters. The number of esters is 1. The molecule has 5 rings (SSSR count). The van der Waals surface area contributed by atoms with Gasteiger partial charge in [0.25, 0.3) is 0 Å². The lowest BCUT2D eigenvalue weighted by Crippen LogP contribution is -2.52. The maximum absolute atomic E-state index is 13.6. The molecule has 2 aromatic carbocycles. The normalized spacial score (nSPS) is 21.1. The number of anilines is 1. The number of ether oxygens (including phenoxy) is 3. The quantitative estimate of drug-likeness (QED) is 0.387. The van der Waals surface area contributed by atoms with Crippen LogP contribution in [0.15, 0.2) is 59.7 Å². The molecule has 2 atom stereocenters. The van der Waals surface area contributed by atoms with Crippen molar-refractivity contribution >= 4 is 29.2 Å². The summed E-state index contributed by atoms with van der Waals surface area (Å²) in [7, 11) is 4.55. The van der Waals surface area contributed by atoms with Crippen LogP contribution in [0.4, 0.5) is 5.69 Å². The number of piperidine rings is 1. The number of allylic oxidation sites excluding steroid dienone is 2. The molecular weight excluding hydrogens is 524 g/mol. The number of carbonyl (C=O) groups excluding carboxylic acids is 3. The number of fused-ring (bicyclic) bond motifs is 1. The van der Waals surface area contributed by atoms with Crippen molar-refractivity contribution in [1.29, 1.82) is 0 Å². The number of benzene rings is 2. The minimum atomic E-state index is -0.423. The monoisotopic (exact) mass is 560 g/mol. The van der Waals surface area contributed by atoms with Gasteiger partial charge < -0.3 is 19.5 Å². The summed E-state index contributed by atoms with van der Waals surface area (Å²) in [5.41, 5.74) is 2.87. The zero-order valence-corrected chi connectivity index (χ0v) is 23.7. The number of hydrogen-bond acceptors (Lipinski definition) is 8. The first kappa shape index (κ1) is 28.4. The van der Waals surface area contributed by atoms with Crippen molar-refractivity contribution in [3.8, 4) is 11.5 Å². The maximum atomic E-state index is 13.6. The first-order chi connectivity index (χ1) is 19.9. The maximum Gasteiger partial charge on any atom is 0.337 e. The molecule has 1 N–H and O–H groups in total. The molecule has 2 aliphatic heterocycles. The number of carbonyl (C=O) groups is 3. The number of likely N-dealkylation sites (tertiary alicyclic amines) is 1. The molecule has 10 heteroatoms. The molecule has 41 heavy (non-hydrogen) atoms. The Morgan fingerprint density at radius 3 is 2.27 bits per heavy atom. The SMILES string of the molecule is COC(=O)c1ccc(NC(=O)CN2CCC(N3N=C(c4ccc(OC)c(OC)c4)[C@H]4CC=CC[C@H]4C3=O)CC2)cc1. The first-order valence-electron chi connectivity index (χ1n) is 13.9. The van der Waals surface area contributed by atoms with E-state index in [1.165, 1.54) is 7.11 Å². The first-order valence-corrected chi connectivity index (χ1v) is 13.9. The van der Waals surface area contributed by atoms with Gasteiger partial charge >= 0.3 is 5.97 Å². The summed E-state index contributed by atoms with van der Waals surface area (Å²) in [6, 6.07) is 12.4. The number of amides is 2. The summed E-state index contributed by atoms with van der Waals surface area (Å²) in [6.07, 6.45) is 7.16.